The van der Waals surface area contributed by atoms with E-state index in [-0.39, 0.29) is 17.4 Å². The number of hydrogen-bond acceptors (Lipinski definition) is 6. The Labute approximate surface area is 223 Å². The molecule has 1 N–H and O–H groups in total. The normalized spacial score (nSPS) is 16.7. The Morgan fingerprint density at radius 2 is 1.68 bits per heavy atom. The summed E-state index contributed by atoms with van der Waals surface area (Å²) >= 11 is 0. The number of methoxy groups -OCH3 is 1. The van der Waals surface area contributed by atoms with Gasteiger partial charge in [0.2, 0.25) is 0 Å². The number of carbonyl (C=O) groups excluding carboxylic acids is 2. The maximum absolute atomic E-state index is 13.2. The summed E-state index contributed by atoms with van der Waals surface area (Å²) in [5.41, 5.74) is 2.10. The van der Waals surface area contributed by atoms with Crippen LogP contribution in [0.3, 0.4) is 0 Å². The van der Waals surface area contributed by atoms with Gasteiger partial charge in [-0.25, -0.2) is 0 Å². The molecule has 1 amide bonds. The average Bonchev–Trinajstić information content (AvgIpc) is 3.17. The van der Waals surface area contributed by atoms with Gasteiger partial charge in [0, 0.05) is 12.1 Å². The molecule has 4 rings (SSSR count). The molecule has 3 aromatic carbocycles. The first kappa shape index (κ1) is 26.8. The van der Waals surface area contributed by atoms with Crippen LogP contribution in [-0.4, -0.2) is 41.5 Å². The molecule has 0 radical (unpaired) electrons. The second kappa shape index (κ2) is 11.9. The zero-order valence-corrected chi connectivity index (χ0v) is 22.1. The number of ether oxygens (including phenoxy) is 3. The van der Waals surface area contributed by atoms with E-state index < -0.39 is 17.7 Å². The van der Waals surface area contributed by atoms with Crippen LogP contribution >= 0.6 is 0 Å². The van der Waals surface area contributed by atoms with Gasteiger partial charge in [0.25, 0.3) is 11.7 Å². The lowest BCUT2D eigenvalue weighted by molar-refractivity contribution is -0.139. The standard InChI is InChI=1S/C31H33NO6/c1-5-17-32-28(23-13-16-25(36-4)26(18-23)37-19-21-9-7-6-8-10-21)27(30(34)31(32)35)29(33)22-11-14-24(15-12-22)38-20(2)3/h6-16,18,20,28,33H,5,17,19H2,1-4H3/b29-27-. The Hall–Kier alpha value is -4.26. The lowest BCUT2D eigenvalue weighted by atomic mass is 9.95. The Morgan fingerprint density at radius 3 is 2.32 bits per heavy atom. The number of likely N-dealkylation sites (tertiary alicyclic amines) is 1. The Morgan fingerprint density at radius 1 is 0.974 bits per heavy atom. The fourth-order valence-electron chi connectivity index (χ4n) is 4.53. The molecule has 198 valence electrons. The number of benzene rings is 3. The third-order valence-corrected chi connectivity index (χ3v) is 6.24. The molecule has 0 saturated carbocycles. The lowest BCUT2D eigenvalue weighted by Gasteiger charge is -2.25. The number of aliphatic hydroxyl groups excluding tert-OH is 1. The van der Waals surface area contributed by atoms with Crippen molar-refractivity contribution in [2.45, 2.75) is 45.9 Å². The SMILES string of the molecule is CCCN1C(=O)C(=O)/C(=C(\O)c2ccc(OC(C)C)cc2)C1c1ccc(OC)c(OCc2ccccc2)c1. The summed E-state index contributed by atoms with van der Waals surface area (Å²) in [6.45, 7) is 6.47. The second-order valence-corrected chi connectivity index (χ2v) is 9.37. The average molecular weight is 516 g/mol. The number of carbonyl (C=O) groups is 2. The summed E-state index contributed by atoms with van der Waals surface area (Å²) in [6, 6.07) is 21.1. The minimum absolute atomic E-state index is 0.00203. The van der Waals surface area contributed by atoms with Gasteiger partial charge in [-0.15, -0.1) is 0 Å². The number of aliphatic hydroxyl groups is 1. The zero-order chi connectivity index (χ0) is 27.2. The largest absolute Gasteiger partial charge is 0.507 e. The van der Waals surface area contributed by atoms with Gasteiger partial charge < -0.3 is 24.2 Å². The van der Waals surface area contributed by atoms with Crippen LogP contribution in [0.2, 0.25) is 0 Å². The molecular weight excluding hydrogens is 482 g/mol. The van der Waals surface area contributed by atoms with Crippen LogP contribution in [-0.2, 0) is 16.2 Å². The van der Waals surface area contributed by atoms with E-state index in [1.54, 1.807) is 49.6 Å². The van der Waals surface area contributed by atoms with Gasteiger partial charge in [0.1, 0.15) is 18.1 Å². The molecule has 1 atom stereocenters. The quantitative estimate of drug-likeness (QED) is 0.206. The van der Waals surface area contributed by atoms with Gasteiger partial charge in [-0.05, 0) is 67.8 Å². The third-order valence-electron chi connectivity index (χ3n) is 6.24. The molecule has 7 nitrogen and oxygen atoms in total. The molecule has 0 bridgehead atoms. The third kappa shape index (κ3) is 5.67. The molecule has 0 aliphatic carbocycles. The highest BCUT2D eigenvalue weighted by Gasteiger charge is 2.45. The van der Waals surface area contributed by atoms with E-state index in [4.69, 9.17) is 14.2 Å². The molecule has 3 aromatic rings. The van der Waals surface area contributed by atoms with E-state index >= 15 is 0 Å². The number of rotatable bonds is 10. The predicted octanol–water partition coefficient (Wildman–Crippen LogP) is 5.89. The first-order chi connectivity index (χ1) is 18.3. The molecular formula is C31H33NO6. The monoisotopic (exact) mass is 515 g/mol. The number of ketones is 1. The Kier molecular flexibility index (Phi) is 8.36. The highest BCUT2D eigenvalue weighted by Crippen LogP contribution is 2.42. The van der Waals surface area contributed by atoms with Crippen LogP contribution in [0.5, 0.6) is 17.2 Å². The first-order valence-electron chi connectivity index (χ1n) is 12.7. The molecule has 7 heteroatoms. The smallest absolute Gasteiger partial charge is 0.295 e. The molecule has 1 heterocycles. The molecule has 1 aliphatic heterocycles. The minimum Gasteiger partial charge on any atom is -0.507 e. The molecule has 1 unspecified atom stereocenters. The number of Topliss-reactive ketones (excluding diaryl/α,β-unsaturated/α-hetero) is 1. The van der Waals surface area contributed by atoms with Crippen LogP contribution in [0, 0.1) is 0 Å². The van der Waals surface area contributed by atoms with E-state index in [1.807, 2.05) is 51.1 Å². The fraction of sp³-hybridized carbons (Fsp3) is 0.290. The Balaban J connectivity index is 1.75. The van der Waals surface area contributed by atoms with E-state index in [0.717, 1.165) is 5.56 Å². The number of nitrogens with zero attached hydrogens (tertiary/aromatic N) is 1. The topological polar surface area (TPSA) is 85.3 Å². The lowest BCUT2D eigenvalue weighted by Crippen LogP contribution is -2.30. The number of hydrogen-bond donors (Lipinski definition) is 1. The van der Waals surface area contributed by atoms with Gasteiger partial charge in [-0.3, -0.25) is 9.59 Å². The summed E-state index contributed by atoms with van der Waals surface area (Å²) in [5.74, 6) is 0.0660. The van der Waals surface area contributed by atoms with Crippen molar-refractivity contribution in [1.82, 2.24) is 4.90 Å². The molecule has 38 heavy (non-hydrogen) atoms. The van der Waals surface area contributed by atoms with Crippen molar-refractivity contribution in [3.63, 3.8) is 0 Å². The summed E-state index contributed by atoms with van der Waals surface area (Å²) in [4.78, 5) is 27.8. The summed E-state index contributed by atoms with van der Waals surface area (Å²) in [6.07, 6.45) is 0.653. The van der Waals surface area contributed by atoms with Crippen molar-refractivity contribution in [1.29, 1.82) is 0 Å². The molecule has 1 saturated heterocycles. The highest BCUT2D eigenvalue weighted by atomic mass is 16.5. The van der Waals surface area contributed by atoms with Gasteiger partial charge in [0.05, 0.1) is 24.8 Å². The van der Waals surface area contributed by atoms with Crippen molar-refractivity contribution in [3.05, 3.63) is 95.1 Å². The summed E-state index contributed by atoms with van der Waals surface area (Å²) in [5, 5.41) is 11.3. The highest BCUT2D eigenvalue weighted by molar-refractivity contribution is 6.46. The van der Waals surface area contributed by atoms with Crippen LogP contribution in [0.1, 0.15) is 49.9 Å². The van der Waals surface area contributed by atoms with Crippen LogP contribution < -0.4 is 14.2 Å². The molecule has 1 fully saturated rings. The number of amides is 1. The van der Waals surface area contributed by atoms with E-state index in [2.05, 4.69) is 0 Å². The predicted molar refractivity (Wildman–Crippen MR) is 145 cm³/mol. The van der Waals surface area contributed by atoms with Gasteiger partial charge >= 0.3 is 0 Å². The first-order valence-corrected chi connectivity index (χ1v) is 12.7. The summed E-state index contributed by atoms with van der Waals surface area (Å²) in [7, 11) is 1.56. The maximum atomic E-state index is 13.2. The van der Waals surface area contributed by atoms with E-state index in [0.29, 0.717) is 47.9 Å². The molecule has 0 spiro atoms. The summed E-state index contributed by atoms with van der Waals surface area (Å²) < 4.78 is 17.3. The van der Waals surface area contributed by atoms with Gasteiger partial charge in [0.15, 0.2) is 11.5 Å². The maximum Gasteiger partial charge on any atom is 0.295 e. The molecule has 0 aromatic heterocycles. The minimum atomic E-state index is -0.772. The van der Waals surface area contributed by atoms with Crippen molar-refractivity contribution in [2.24, 2.45) is 0 Å². The van der Waals surface area contributed by atoms with Crippen molar-refractivity contribution < 1.29 is 28.9 Å². The van der Waals surface area contributed by atoms with Crippen LogP contribution in [0.15, 0.2) is 78.4 Å². The van der Waals surface area contributed by atoms with Crippen molar-refractivity contribution in [3.8, 4) is 17.2 Å². The van der Waals surface area contributed by atoms with E-state index in [9.17, 15) is 14.7 Å². The van der Waals surface area contributed by atoms with Crippen LogP contribution in [0.4, 0.5) is 0 Å². The van der Waals surface area contributed by atoms with Crippen LogP contribution in [0.25, 0.3) is 5.76 Å². The Bertz CT molecular complexity index is 1310. The van der Waals surface area contributed by atoms with Crippen molar-refractivity contribution in [2.75, 3.05) is 13.7 Å². The van der Waals surface area contributed by atoms with Gasteiger partial charge in [-0.1, -0.05) is 43.3 Å². The van der Waals surface area contributed by atoms with Crippen molar-refractivity contribution >= 4 is 17.4 Å². The van der Waals surface area contributed by atoms with E-state index in [1.165, 1.54) is 4.90 Å². The zero-order valence-electron chi connectivity index (χ0n) is 22.1. The second-order valence-electron chi connectivity index (χ2n) is 9.37. The molecule has 1 aliphatic rings. The van der Waals surface area contributed by atoms with Gasteiger partial charge in [-0.2, -0.15) is 0 Å². The fourth-order valence-corrected chi connectivity index (χ4v) is 4.53.